The van der Waals surface area contributed by atoms with E-state index >= 15 is 0 Å². The highest BCUT2D eigenvalue weighted by atomic mass is 32.2. The lowest BCUT2D eigenvalue weighted by Crippen LogP contribution is -2.28. The Balaban J connectivity index is 1.36. The van der Waals surface area contributed by atoms with Crippen LogP contribution in [0.3, 0.4) is 0 Å². The average molecular weight is 398 g/mol. The van der Waals surface area contributed by atoms with Crippen LogP contribution in [0.2, 0.25) is 0 Å². The summed E-state index contributed by atoms with van der Waals surface area (Å²) in [6.07, 6.45) is 2.45. The zero-order valence-electron chi connectivity index (χ0n) is 15.4. The molecule has 1 aliphatic heterocycles. The maximum atomic E-state index is 12.5. The molecule has 146 valence electrons. The molecule has 0 unspecified atom stereocenters. The molecule has 1 saturated heterocycles. The molecule has 1 fully saturated rings. The van der Waals surface area contributed by atoms with Crippen LogP contribution in [0.15, 0.2) is 53.4 Å². The van der Waals surface area contributed by atoms with Gasteiger partial charge < -0.3 is 5.32 Å². The number of rotatable bonds is 6. The van der Waals surface area contributed by atoms with Crippen LogP contribution in [0.4, 0.5) is 0 Å². The Morgan fingerprint density at radius 3 is 2.54 bits per heavy atom. The number of aromatic amines is 1. The Kier molecular flexibility index (Phi) is 5.15. The van der Waals surface area contributed by atoms with Crippen molar-refractivity contribution in [2.75, 3.05) is 19.6 Å². The number of H-pyrrole nitrogens is 1. The third-order valence-electron chi connectivity index (χ3n) is 5.01. The SMILES string of the molecule is O=C(NCCc1ccc(S(=O)(=O)N2CCCC2)cc1)c1n[nH]c2ccccc12. The van der Waals surface area contributed by atoms with Gasteiger partial charge in [-0.15, -0.1) is 0 Å². The summed E-state index contributed by atoms with van der Waals surface area (Å²) in [7, 11) is -3.39. The molecule has 28 heavy (non-hydrogen) atoms. The second-order valence-electron chi connectivity index (χ2n) is 6.88. The van der Waals surface area contributed by atoms with E-state index in [2.05, 4.69) is 15.5 Å². The molecular weight excluding hydrogens is 376 g/mol. The quantitative estimate of drug-likeness (QED) is 0.666. The molecule has 7 nitrogen and oxygen atoms in total. The van der Waals surface area contributed by atoms with Crippen molar-refractivity contribution < 1.29 is 13.2 Å². The molecule has 1 amide bonds. The van der Waals surface area contributed by atoms with Crippen LogP contribution in [-0.4, -0.2) is 48.5 Å². The van der Waals surface area contributed by atoms with Crippen LogP contribution >= 0.6 is 0 Å². The zero-order chi connectivity index (χ0) is 19.6. The van der Waals surface area contributed by atoms with E-state index in [4.69, 9.17) is 0 Å². The molecule has 0 aliphatic carbocycles. The van der Waals surface area contributed by atoms with Gasteiger partial charge in [-0.3, -0.25) is 9.89 Å². The topological polar surface area (TPSA) is 95.2 Å². The smallest absolute Gasteiger partial charge is 0.272 e. The van der Waals surface area contributed by atoms with E-state index in [0.717, 1.165) is 29.3 Å². The van der Waals surface area contributed by atoms with Gasteiger partial charge in [0.05, 0.1) is 10.4 Å². The van der Waals surface area contributed by atoms with Gasteiger partial charge in [-0.2, -0.15) is 9.40 Å². The van der Waals surface area contributed by atoms with Crippen LogP contribution in [0.25, 0.3) is 10.9 Å². The van der Waals surface area contributed by atoms with Gasteiger partial charge in [-0.05, 0) is 43.0 Å². The number of para-hydroxylation sites is 1. The molecule has 0 spiro atoms. The van der Waals surface area contributed by atoms with Gasteiger partial charge in [0.25, 0.3) is 5.91 Å². The summed E-state index contributed by atoms with van der Waals surface area (Å²) in [5.41, 5.74) is 2.16. The maximum absolute atomic E-state index is 12.5. The number of sulfonamides is 1. The zero-order valence-corrected chi connectivity index (χ0v) is 16.2. The van der Waals surface area contributed by atoms with Crippen molar-refractivity contribution >= 4 is 26.8 Å². The number of nitrogens with one attached hydrogen (secondary N) is 2. The lowest BCUT2D eigenvalue weighted by Gasteiger charge is -2.15. The number of carbonyl (C=O) groups excluding carboxylic acids is 1. The fraction of sp³-hybridized carbons (Fsp3) is 0.300. The third-order valence-corrected chi connectivity index (χ3v) is 6.92. The van der Waals surface area contributed by atoms with Crippen LogP contribution in [0.5, 0.6) is 0 Å². The van der Waals surface area contributed by atoms with Crippen molar-refractivity contribution in [1.82, 2.24) is 19.8 Å². The second-order valence-corrected chi connectivity index (χ2v) is 8.82. The van der Waals surface area contributed by atoms with E-state index in [1.54, 1.807) is 24.3 Å². The van der Waals surface area contributed by atoms with Gasteiger partial charge in [-0.25, -0.2) is 8.42 Å². The molecule has 2 heterocycles. The molecule has 0 saturated carbocycles. The standard InChI is InChI=1S/C20H22N4O3S/c25-20(19-17-5-1-2-6-18(17)22-23-19)21-12-11-15-7-9-16(10-8-15)28(26,27)24-13-3-4-14-24/h1-2,5-10H,3-4,11-14H2,(H,21,25)(H,22,23). The number of benzene rings is 2. The largest absolute Gasteiger partial charge is 0.350 e. The Morgan fingerprint density at radius 1 is 1.07 bits per heavy atom. The summed E-state index contributed by atoms with van der Waals surface area (Å²) in [6.45, 7) is 1.63. The predicted molar refractivity (Wildman–Crippen MR) is 107 cm³/mol. The van der Waals surface area contributed by atoms with E-state index in [0.29, 0.717) is 36.6 Å². The van der Waals surface area contributed by atoms with Crippen molar-refractivity contribution in [3.63, 3.8) is 0 Å². The predicted octanol–water partition coefficient (Wildman–Crippen LogP) is 2.32. The van der Waals surface area contributed by atoms with Gasteiger partial charge in [0.15, 0.2) is 5.69 Å². The van der Waals surface area contributed by atoms with Crippen molar-refractivity contribution in [3.8, 4) is 0 Å². The first kappa shape index (κ1) is 18.6. The number of fused-ring (bicyclic) bond motifs is 1. The monoisotopic (exact) mass is 398 g/mol. The summed E-state index contributed by atoms with van der Waals surface area (Å²) >= 11 is 0. The first-order valence-corrected chi connectivity index (χ1v) is 10.8. The first-order valence-electron chi connectivity index (χ1n) is 9.36. The highest BCUT2D eigenvalue weighted by molar-refractivity contribution is 7.89. The second kappa shape index (κ2) is 7.73. The number of carbonyl (C=O) groups is 1. The molecule has 2 aromatic carbocycles. The molecule has 0 bridgehead atoms. The first-order chi connectivity index (χ1) is 13.6. The van der Waals surface area contributed by atoms with Crippen LogP contribution in [0, 0.1) is 0 Å². The molecule has 1 aliphatic rings. The fourth-order valence-electron chi connectivity index (χ4n) is 3.45. The van der Waals surface area contributed by atoms with Crippen LogP contribution in [-0.2, 0) is 16.4 Å². The van der Waals surface area contributed by atoms with Crippen molar-refractivity contribution in [2.24, 2.45) is 0 Å². The van der Waals surface area contributed by atoms with Gasteiger partial charge in [0, 0.05) is 25.0 Å². The number of aromatic nitrogens is 2. The van der Waals surface area contributed by atoms with E-state index < -0.39 is 10.0 Å². The van der Waals surface area contributed by atoms with Crippen molar-refractivity contribution in [3.05, 3.63) is 59.8 Å². The average Bonchev–Trinajstić information content (AvgIpc) is 3.39. The molecule has 0 radical (unpaired) electrons. The van der Waals surface area contributed by atoms with E-state index in [1.165, 1.54) is 4.31 Å². The van der Waals surface area contributed by atoms with Gasteiger partial charge in [0.2, 0.25) is 10.0 Å². The summed E-state index contributed by atoms with van der Waals surface area (Å²) in [4.78, 5) is 12.7. The van der Waals surface area contributed by atoms with Crippen molar-refractivity contribution in [2.45, 2.75) is 24.2 Å². The highest BCUT2D eigenvalue weighted by Crippen LogP contribution is 2.21. The highest BCUT2D eigenvalue weighted by Gasteiger charge is 2.26. The summed E-state index contributed by atoms with van der Waals surface area (Å²) in [6, 6.07) is 14.4. The summed E-state index contributed by atoms with van der Waals surface area (Å²) in [5, 5.41) is 10.6. The van der Waals surface area contributed by atoms with Crippen molar-refractivity contribution in [1.29, 1.82) is 0 Å². The Bertz CT molecular complexity index is 1080. The summed E-state index contributed by atoms with van der Waals surface area (Å²) in [5.74, 6) is -0.231. The number of nitrogens with zero attached hydrogens (tertiary/aromatic N) is 2. The lowest BCUT2D eigenvalue weighted by atomic mass is 10.1. The van der Waals surface area contributed by atoms with E-state index in [-0.39, 0.29) is 5.91 Å². The molecular formula is C20H22N4O3S. The van der Waals surface area contributed by atoms with E-state index in [1.807, 2.05) is 24.3 Å². The minimum absolute atomic E-state index is 0.231. The third kappa shape index (κ3) is 3.65. The van der Waals surface area contributed by atoms with E-state index in [9.17, 15) is 13.2 Å². The van der Waals surface area contributed by atoms with Crippen LogP contribution < -0.4 is 5.32 Å². The number of amides is 1. The Morgan fingerprint density at radius 2 is 1.79 bits per heavy atom. The molecule has 4 rings (SSSR count). The summed E-state index contributed by atoms with van der Waals surface area (Å²) < 4.78 is 26.6. The molecule has 1 aromatic heterocycles. The van der Waals surface area contributed by atoms with Crippen LogP contribution in [0.1, 0.15) is 28.9 Å². The molecule has 2 N–H and O–H groups in total. The van der Waals surface area contributed by atoms with Gasteiger partial charge in [-0.1, -0.05) is 30.3 Å². The normalized spacial score (nSPS) is 15.1. The fourth-order valence-corrected chi connectivity index (χ4v) is 4.96. The Hall–Kier alpha value is -2.71. The lowest BCUT2D eigenvalue weighted by molar-refractivity contribution is 0.0950. The molecule has 3 aromatic rings. The van der Waals surface area contributed by atoms with Gasteiger partial charge in [0.1, 0.15) is 0 Å². The molecule has 0 atom stereocenters. The number of hydrogen-bond donors (Lipinski definition) is 2. The minimum atomic E-state index is -3.39. The Labute approximate surface area is 163 Å². The maximum Gasteiger partial charge on any atom is 0.272 e. The molecule has 8 heteroatoms. The van der Waals surface area contributed by atoms with Gasteiger partial charge >= 0.3 is 0 Å². The number of hydrogen-bond acceptors (Lipinski definition) is 4. The minimum Gasteiger partial charge on any atom is -0.350 e.